The predicted molar refractivity (Wildman–Crippen MR) is 195 cm³/mol. The van der Waals surface area contributed by atoms with Crippen molar-refractivity contribution in [2.75, 3.05) is 21.7 Å². The van der Waals surface area contributed by atoms with Crippen LogP contribution < -0.4 is 15.1 Å². The smallest absolute Gasteiger partial charge is 0.416 e. The molecule has 4 aromatic carbocycles. The molecule has 0 bridgehead atoms. The first-order chi connectivity index (χ1) is 25.2. The van der Waals surface area contributed by atoms with E-state index in [1.165, 1.54) is 25.4 Å². The van der Waals surface area contributed by atoms with Crippen LogP contribution in [-0.4, -0.2) is 34.6 Å². The lowest BCUT2D eigenvalue weighted by Gasteiger charge is -2.42. The zero-order chi connectivity index (χ0) is 36.2. The number of alkyl halides is 3. The van der Waals surface area contributed by atoms with Crippen molar-refractivity contribution >= 4 is 40.1 Å². The molecule has 52 heavy (non-hydrogen) atoms. The van der Waals surface area contributed by atoms with Crippen LogP contribution in [0.5, 0.6) is 0 Å². The molecule has 1 aromatic heterocycles. The van der Waals surface area contributed by atoms with Crippen molar-refractivity contribution in [1.29, 1.82) is 0 Å². The number of hydrogen-bond acceptors (Lipinski definition) is 6. The minimum absolute atomic E-state index is 0.00214. The largest absolute Gasteiger partial charge is 0.444 e. The third-order valence-corrected chi connectivity index (χ3v) is 10.2. The van der Waals surface area contributed by atoms with Crippen LogP contribution in [0.3, 0.4) is 0 Å². The standard InChI is InChI=1S/C41H40F3N5O3/c1-27-17-20-30(24-35(27)41(42,43)44)47-39(50)34-15-9-23-48(38-33-14-7-8-16-36(33)45-26-46-38)37(34)29-18-21-32(22-19-29)49(31-12-5-6-13-31)40(51)52-25-28-10-3-2-4-11-28/h2-4,7-8,10-11,14,16-22,24,26,31,34,37H,5-6,9,12-13,15,23,25H2,1H3,(H,47,50)/t34-,37-/m0/s1. The molecule has 2 heterocycles. The maximum absolute atomic E-state index is 14.1. The van der Waals surface area contributed by atoms with Gasteiger partial charge in [-0.1, -0.05) is 73.5 Å². The van der Waals surface area contributed by atoms with E-state index in [-0.39, 0.29) is 29.8 Å². The first kappa shape index (κ1) is 35.0. The number of rotatable bonds is 8. The fourth-order valence-corrected chi connectivity index (χ4v) is 7.63. The number of halogens is 3. The summed E-state index contributed by atoms with van der Waals surface area (Å²) in [6.07, 6.45) is 1.51. The highest BCUT2D eigenvalue weighted by molar-refractivity contribution is 5.95. The van der Waals surface area contributed by atoms with Crippen LogP contribution in [0, 0.1) is 12.8 Å². The second-order valence-electron chi connectivity index (χ2n) is 13.6. The number of carbonyl (C=O) groups excluding carboxylic acids is 2. The molecular weight excluding hydrogens is 667 g/mol. The maximum Gasteiger partial charge on any atom is 0.416 e. The fourth-order valence-electron chi connectivity index (χ4n) is 7.63. The lowest BCUT2D eigenvalue weighted by Crippen LogP contribution is -2.44. The average Bonchev–Trinajstić information content (AvgIpc) is 3.69. The van der Waals surface area contributed by atoms with Gasteiger partial charge in [0.1, 0.15) is 18.8 Å². The highest BCUT2D eigenvalue weighted by atomic mass is 19.4. The van der Waals surface area contributed by atoms with E-state index in [2.05, 4.69) is 20.2 Å². The van der Waals surface area contributed by atoms with Crippen molar-refractivity contribution in [2.45, 2.75) is 70.3 Å². The van der Waals surface area contributed by atoms with Gasteiger partial charge in [-0.25, -0.2) is 14.8 Å². The van der Waals surface area contributed by atoms with Crippen molar-refractivity contribution < 1.29 is 27.5 Å². The number of amides is 2. The predicted octanol–water partition coefficient (Wildman–Crippen LogP) is 9.64. The summed E-state index contributed by atoms with van der Waals surface area (Å²) in [5, 5.41) is 3.63. The first-order valence-corrected chi connectivity index (χ1v) is 17.7. The van der Waals surface area contributed by atoms with Crippen molar-refractivity contribution in [3.8, 4) is 0 Å². The van der Waals surface area contributed by atoms with Crippen molar-refractivity contribution in [2.24, 2.45) is 5.92 Å². The second kappa shape index (κ2) is 15.0. The van der Waals surface area contributed by atoms with Gasteiger partial charge in [-0.3, -0.25) is 9.69 Å². The number of ether oxygens (including phenoxy) is 1. The van der Waals surface area contributed by atoms with Gasteiger partial charge in [0.15, 0.2) is 0 Å². The van der Waals surface area contributed by atoms with E-state index >= 15 is 0 Å². The molecule has 2 amide bonds. The van der Waals surface area contributed by atoms with Crippen molar-refractivity contribution in [1.82, 2.24) is 9.97 Å². The number of carbonyl (C=O) groups is 2. The molecule has 1 aliphatic carbocycles. The number of para-hydroxylation sites is 1. The molecule has 2 aliphatic rings. The Kier molecular flexibility index (Phi) is 10.1. The zero-order valence-corrected chi connectivity index (χ0v) is 28.9. The van der Waals surface area contributed by atoms with E-state index in [1.807, 2.05) is 78.9 Å². The molecule has 1 N–H and O–H groups in total. The number of anilines is 3. The Morgan fingerprint density at radius 1 is 0.885 bits per heavy atom. The second-order valence-corrected chi connectivity index (χ2v) is 13.6. The van der Waals surface area contributed by atoms with Gasteiger partial charge in [0, 0.05) is 29.3 Å². The van der Waals surface area contributed by atoms with Gasteiger partial charge in [-0.15, -0.1) is 0 Å². The average molecular weight is 708 g/mol. The fraction of sp³-hybridized carbons (Fsp3) is 0.317. The molecule has 7 rings (SSSR count). The van der Waals surface area contributed by atoms with Gasteiger partial charge >= 0.3 is 12.3 Å². The van der Waals surface area contributed by atoms with Crippen LogP contribution >= 0.6 is 0 Å². The van der Waals surface area contributed by atoms with Crippen LogP contribution in [0.4, 0.5) is 35.2 Å². The number of nitrogens with one attached hydrogen (secondary N) is 1. The molecule has 1 saturated heterocycles. The molecule has 1 saturated carbocycles. The van der Waals surface area contributed by atoms with Gasteiger partial charge in [0.25, 0.3) is 0 Å². The van der Waals surface area contributed by atoms with E-state index < -0.39 is 29.8 Å². The number of hydrogen-bond donors (Lipinski definition) is 1. The van der Waals surface area contributed by atoms with E-state index in [4.69, 9.17) is 4.74 Å². The van der Waals surface area contributed by atoms with Crippen LogP contribution in [0.25, 0.3) is 10.9 Å². The molecule has 0 unspecified atom stereocenters. The van der Waals surface area contributed by atoms with Gasteiger partial charge in [-0.05, 0) is 85.7 Å². The summed E-state index contributed by atoms with van der Waals surface area (Å²) >= 11 is 0. The molecule has 0 radical (unpaired) electrons. The summed E-state index contributed by atoms with van der Waals surface area (Å²) < 4.78 is 47.1. The van der Waals surface area contributed by atoms with Crippen LogP contribution in [-0.2, 0) is 22.3 Å². The van der Waals surface area contributed by atoms with Crippen molar-refractivity contribution in [3.63, 3.8) is 0 Å². The minimum Gasteiger partial charge on any atom is -0.444 e. The minimum atomic E-state index is -4.55. The van der Waals surface area contributed by atoms with Crippen LogP contribution in [0.15, 0.2) is 103 Å². The SMILES string of the molecule is Cc1ccc(NC(=O)[C@H]2CCCN(c3ncnc4ccccc34)[C@H]2c2ccc(N(C(=O)OCc3ccccc3)C3CCCC3)cc2)cc1C(F)(F)F. The molecular formula is C41H40F3N5O3. The molecule has 2 atom stereocenters. The maximum atomic E-state index is 14.1. The normalized spacial score (nSPS) is 18.0. The van der Waals surface area contributed by atoms with Gasteiger partial charge < -0.3 is 15.0 Å². The summed E-state index contributed by atoms with van der Waals surface area (Å²) in [5.41, 5.74) is 2.55. The Hall–Kier alpha value is -5.45. The van der Waals surface area contributed by atoms with E-state index in [0.717, 1.165) is 53.8 Å². The Labute approximate surface area is 300 Å². The molecule has 1 aliphatic heterocycles. The summed E-state index contributed by atoms with van der Waals surface area (Å²) in [6.45, 7) is 2.16. The lowest BCUT2D eigenvalue weighted by atomic mass is 9.83. The van der Waals surface area contributed by atoms with Gasteiger partial charge in [0.2, 0.25) is 5.91 Å². The van der Waals surface area contributed by atoms with Gasteiger partial charge in [0.05, 0.1) is 23.0 Å². The zero-order valence-electron chi connectivity index (χ0n) is 28.9. The van der Waals surface area contributed by atoms with Crippen LogP contribution in [0.1, 0.15) is 66.8 Å². The topological polar surface area (TPSA) is 87.7 Å². The third-order valence-electron chi connectivity index (χ3n) is 10.2. The van der Waals surface area contributed by atoms with Gasteiger partial charge in [-0.2, -0.15) is 13.2 Å². The number of fused-ring (bicyclic) bond motifs is 1. The monoisotopic (exact) mass is 707 g/mol. The van der Waals surface area contributed by atoms with E-state index in [0.29, 0.717) is 30.9 Å². The Morgan fingerprint density at radius 3 is 2.37 bits per heavy atom. The van der Waals surface area contributed by atoms with Crippen molar-refractivity contribution in [3.05, 3.63) is 126 Å². The molecule has 2 fully saturated rings. The Morgan fingerprint density at radius 2 is 1.62 bits per heavy atom. The number of aromatic nitrogens is 2. The molecule has 5 aromatic rings. The highest BCUT2D eigenvalue weighted by Gasteiger charge is 2.39. The molecule has 11 heteroatoms. The van der Waals surface area contributed by atoms with Crippen LogP contribution in [0.2, 0.25) is 0 Å². The molecule has 8 nitrogen and oxygen atoms in total. The number of benzene rings is 4. The summed E-state index contributed by atoms with van der Waals surface area (Å²) in [6, 6.07) is 28.2. The number of piperidine rings is 1. The summed E-state index contributed by atoms with van der Waals surface area (Å²) in [7, 11) is 0. The lowest BCUT2D eigenvalue weighted by molar-refractivity contribution is -0.138. The molecule has 0 spiro atoms. The Balaban J connectivity index is 1.23. The summed E-state index contributed by atoms with van der Waals surface area (Å²) in [5.74, 6) is -0.346. The highest BCUT2D eigenvalue weighted by Crippen LogP contribution is 2.42. The Bertz CT molecular complexity index is 2030. The van der Waals surface area contributed by atoms with E-state index in [9.17, 15) is 22.8 Å². The first-order valence-electron chi connectivity index (χ1n) is 17.7. The quantitative estimate of drug-likeness (QED) is 0.173. The summed E-state index contributed by atoms with van der Waals surface area (Å²) in [4.78, 5) is 40.8. The third kappa shape index (κ3) is 7.44. The molecule has 268 valence electrons. The van der Waals surface area contributed by atoms with E-state index in [1.54, 1.807) is 4.90 Å². The number of nitrogens with zero attached hydrogens (tertiary/aromatic N) is 4. The number of aryl methyl sites for hydroxylation is 1.